The monoisotopic (exact) mass is 390 g/mol. The van der Waals surface area contributed by atoms with Gasteiger partial charge in [-0.1, -0.05) is 30.1 Å². The summed E-state index contributed by atoms with van der Waals surface area (Å²) < 4.78 is 0. The van der Waals surface area contributed by atoms with E-state index in [1.165, 1.54) is 5.56 Å². The van der Waals surface area contributed by atoms with E-state index in [9.17, 15) is 0 Å². The fourth-order valence-corrected chi connectivity index (χ4v) is 3.95. The zero-order valence-electron chi connectivity index (χ0n) is 14.5. The van der Waals surface area contributed by atoms with E-state index in [1.807, 2.05) is 6.07 Å². The summed E-state index contributed by atoms with van der Waals surface area (Å²) in [7, 11) is 0. The average molecular weight is 391 g/mol. The number of fused-ring (bicyclic) bond motifs is 1. The van der Waals surface area contributed by atoms with Crippen LogP contribution >= 0.6 is 23.2 Å². The molecule has 0 spiro atoms. The second-order valence-corrected chi connectivity index (χ2v) is 7.34. The number of likely N-dealkylation sites (tertiary alicyclic amines) is 1. The maximum Gasteiger partial charge on any atom is 0.227 e. The van der Waals surface area contributed by atoms with Crippen LogP contribution in [0.3, 0.4) is 0 Å². The van der Waals surface area contributed by atoms with Crippen molar-refractivity contribution in [2.24, 2.45) is 0 Å². The number of anilines is 2. The molecule has 0 amide bonds. The van der Waals surface area contributed by atoms with Crippen LogP contribution in [0.1, 0.15) is 31.2 Å². The number of piperidine rings is 1. The zero-order valence-corrected chi connectivity index (χ0v) is 16.0. The maximum atomic E-state index is 6.57. The summed E-state index contributed by atoms with van der Waals surface area (Å²) in [5, 5.41) is 11.8. The first kappa shape index (κ1) is 17.5. The van der Waals surface area contributed by atoms with Gasteiger partial charge in [0, 0.05) is 16.6 Å². The summed E-state index contributed by atoms with van der Waals surface area (Å²) >= 11 is 12.6. The van der Waals surface area contributed by atoms with Gasteiger partial charge < -0.3 is 10.2 Å². The van der Waals surface area contributed by atoms with Crippen molar-refractivity contribution < 1.29 is 0 Å². The van der Waals surface area contributed by atoms with E-state index in [-0.39, 0.29) is 0 Å². The first-order valence-corrected chi connectivity index (χ1v) is 9.54. The van der Waals surface area contributed by atoms with Crippen molar-refractivity contribution in [3.63, 3.8) is 0 Å². The second kappa shape index (κ2) is 7.39. The van der Waals surface area contributed by atoms with Gasteiger partial charge in [0.15, 0.2) is 0 Å². The van der Waals surface area contributed by atoms with E-state index < -0.39 is 0 Å². The van der Waals surface area contributed by atoms with Crippen LogP contribution in [0.25, 0.3) is 10.9 Å². The van der Waals surface area contributed by atoms with Gasteiger partial charge in [-0.05, 0) is 56.1 Å². The fourth-order valence-electron chi connectivity index (χ4n) is 3.48. The van der Waals surface area contributed by atoms with Gasteiger partial charge in [-0.15, -0.1) is 0 Å². The third-order valence-electron chi connectivity index (χ3n) is 5.01. The highest BCUT2D eigenvalue weighted by Gasteiger charge is 2.22. The topological polar surface area (TPSA) is 69.7 Å². The van der Waals surface area contributed by atoms with Crippen LogP contribution in [0.15, 0.2) is 24.5 Å². The van der Waals surface area contributed by atoms with Crippen molar-refractivity contribution in [3.8, 4) is 0 Å². The SMILES string of the molecule is CCN1CCC(c2cc3nc(Nc4cn[nH]c4Cl)ncc3cc2Cl)CC1. The summed E-state index contributed by atoms with van der Waals surface area (Å²) in [6.07, 6.45) is 5.62. The zero-order chi connectivity index (χ0) is 18.1. The molecule has 1 aliphatic rings. The lowest BCUT2D eigenvalue weighted by atomic mass is 9.89. The molecule has 8 heteroatoms. The highest BCUT2D eigenvalue weighted by atomic mass is 35.5. The van der Waals surface area contributed by atoms with Crippen LogP contribution in [-0.4, -0.2) is 44.7 Å². The standard InChI is InChI=1S/C18H20Cl2N6/c1-2-26-5-3-11(4-6-26)13-8-15-12(7-14(13)19)9-21-18(23-15)24-16-10-22-25-17(16)20/h7-11H,2-6H2,1H3,(H,22,25)(H,21,23,24). The Labute approximate surface area is 161 Å². The molecule has 1 fully saturated rings. The first-order valence-electron chi connectivity index (χ1n) is 8.78. The van der Waals surface area contributed by atoms with Crippen molar-refractivity contribution in [3.05, 3.63) is 40.3 Å². The Morgan fingerprint density at radius 3 is 2.73 bits per heavy atom. The average Bonchev–Trinajstić information content (AvgIpc) is 3.06. The Morgan fingerprint density at radius 1 is 1.23 bits per heavy atom. The Kier molecular flexibility index (Phi) is 4.98. The lowest BCUT2D eigenvalue weighted by Crippen LogP contribution is -2.32. The minimum absolute atomic E-state index is 0.424. The molecule has 3 aromatic rings. The summed E-state index contributed by atoms with van der Waals surface area (Å²) in [6.45, 7) is 5.55. The summed E-state index contributed by atoms with van der Waals surface area (Å²) in [5.74, 6) is 0.958. The molecule has 0 aliphatic carbocycles. The molecule has 6 nitrogen and oxygen atoms in total. The number of rotatable bonds is 4. The molecule has 1 aromatic carbocycles. The van der Waals surface area contributed by atoms with Gasteiger partial charge in [0.05, 0.1) is 17.4 Å². The molecule has 136 valence electrons. The van der Waals surface area contributed by atoms with Crippen LogP contribution < -0.4 is 5.32 Å². The van der Waals surface area contributed by atoms with Gasteiger partial charge in [0.25, 0.3) is 0 Å². The molecule has 2 N–H and O–H groups in total. The van der Waals surface area contributed by atoms with Crippen molar-refractivity contribution in [1.29, 1.82) is 0 Å². The Morgan fingerprint density at radius 2 is 2.04 bits per heavy atom. The van der Waals surface area contributed by atoms with E-state index in [4.69, 9.17) is 23.2 Å². The van der Waals surface area contributed by atoms with Crippen molar-refractivity contribution in [2.45, 2.75) is 25.7 Å². The number of halogens is 2. The predicted octanol–water partition coefficient (Wildman–Crippen LogP) is 4.60. The maximum absolute atomic E-state index is 6.57. The van der Waals surface area contributed by atoms with Crippen molar-refractivity contribution >= 4 is 45.7 Å². The Bertz CT molecular complexity index is 917. The minimum Gasteiger partial charge on any atom is -0.320 e. The Balaban J connectivity index is 1.63. The van der Waals surface area contributed by atoms with E-state index >= 15 is 0 Å². The second-order valence-electron chi connectivity index (χ2n) is 6.56. The lowest BCUT2D eigenvalue weighted by Gasteiger charge is -2.31. The molecule has 2 aromatic heterocycles. The molecule has 0 radical (unpaired) electrons. The van der Waals surface area contributed by atoms with Gasteiger partial charge in [-0.25, -0.2) is 9.97 Å². The minimum atomic E-state index is 0.424. The summed E-state index contributed by atoms with van der Waals surface area (Å²) in [5.41, 5.74) is 2.70. The highest BCUT2D eigenvalue weighted by molar-refractivity contribution is 6.32. The van der Waals surface area contributed by atoms with Crippen LogP contribution in [0.4, 0.5) is 11.6 Å². The predicted molar refractivity (Wildman–Crippen MR) is 106 cm³/mol. The normalized spacial score (nSPS) is 16.3. The first-order chi connectivity index (χ1) is 12.6. The van der Waals surface area contributed by atoms with Gasteiger partial charge in [-0.3, -0.25) is 5.10 Å². The summed E-state index contributed by atoms with van der Waals surface area (Å²) in [6, 6.07) is 4.07. The molecule has 0 unspecified atom stereocenters. The molecule has 1 saturated heterocycles. The molecule has 0 bridgehead atoms. The molecular formula is C18H20Cl2N6. The van der Waals surface area contributed by atoms with Crippen molar-refractivity contribution in [1.82, 2.24) is 25.1 Å². The number of nitrogens with zero attached hydrogens (tertiary/aromatic N) is 4. The van der Waals surface area contributed by atoms with Crippen molar-refractivity contribution in [2.75, 3.05) is 25.0 Å². The molecule has 3 heterocycles. The molecule has 26 heavy (non-hydrogen) atoms. The number of nitrogens with one attached hydrogen (secondary N) is 2. The number of aromatic amines is 1. The third-order valence-corrected chi connectivity index (χ3v) is 5.63. The van der Waals surface area contributed by atoms with E-state index in [0.717, 1.165) is 48.4 Å². The number of hydrogen-bond acceptors (Lipinski definition) is 5. The molecular weight excluding hydrogens is 371 g/mol. The van der Waals surface area contributed by atoms with Crippen LogP contribution in [-0.2, 0) is 0 Å². The van der Waals surface area contributed by atoms with Gasteiger partial charge in [0.1, 0.15) is 5.15 Å². The third kappa shape index (κ3) is 3.49. The van der Waals surface area contributed by atoms with E-state index in [0.29, 0.717) is 22.7 Å². The van der Waals surface area contributed by atoms with Crippen LogP contribution in [0.2, 0.25) is 10.2 Å². The molecule has 4 rings (SSSR count). The largest absolute Gasteiger partial charge is 0.320 e. The van der Waals surface area contributed by atoms with E-state index in [2.05, 4.69) is 43.4 Å². The summed E-state index contributed by atoms with van der Waals surface area (Å²) in [4.78, 5) is 11.4. The van der Waals surface area contributed by atoms with Gasteiger partial charge >= 0.3 is 0 Å². The van der Waals surface area contributed by atoms with Gasteiger partial charge in [0.2, 0.25) is 5.95 Å². The van der Waals surface area contributed by atoms with E-state index in [1.54, 1.807) is 12.4 Å². The number of hydrogen-bond donors (Lipinski definition) is 2. The molecule has 0 saturated carbocycles. The smallest absolute Gasteiger partial charge is 0.227 e. The quantitative estimate of drug-likeness (QED) is 0.680. The molecule has 0 atom stereocenters. The fraction of sp³-hybridized carbons (Fsp3) is 0.389. The molecule has 1 aliphatic heterocycles. The lowest BCUT2D eigenvalue weighted by molar-refractivity contribution is 0.222. The number of aromatic nitrogens is 4. The van der Waals surface area contributed by atoms with Crippen LogP contribution in [0.5, 0.6) is 0 Å². The number of benzene rings is 1. The number of H-pyrrole nitrogens is 1. The Hall–Kier alpha value is -1.89. The van der Waals surface area contributed by atoms with Gasteiger partial charge in [-0.2, -0.15) is 5.10 Å². The van der Waals surface area contributed by atoms with Crippen LogP contribution in [0, 0.1) is 0 Å². The highest BCUT2D eigenvalue weighted by Crippen LogP contribution is 2.35.